The molecule has 1 unspecified atom stereocenters. The summed E-state index contributed by atoms with van der Waals surface area (Å²) in [4.78, 5) is 27.5. The van der Waals surface area contributed by atoms with Crippen molar-refractivity contribution in [3.63, 3.8) is 0 Å². The van der Waals surface area contributed by atoms with Crippen molar-refractivity contribution in [1.29, 1.82) is 0 Å². The molecule has 0 spiro atoms. The molecule has 0 bridgehead atoms. The van der Waals surface area contributed by atoms with Gasteiger partial charge < -0.3 is 10.2 Å². The fourth-order valence-electron chi connectivity index (χ4n) is 4.07. The number of carbonyl (C=O) groups is 2. The Morgan fingerprint density at radius 3 is 2.73 bits per heavy atom. The van der Waals surface area contributed by atoms with E-state index in [4.69, 9.17) is 11.6 Å². The van der Waals surface area contributed by atoms with Gasteiger partial charge in [-0.15, -0.1) is 0 Å². The summed E-state index contributed by atoms with van der Waals surface area (Å²) in [6, 6.07) is 12.8. The summed E-state index contributed by atoms with van der Waals surface area (Å²) in [6.07, 6.45) is 0.555. The first-order valence-electron chi connectivity index (χ1n) is 10.7. The number of benzene rings is 2. The molecule has 3 heterocycles. The van der Waals surface area contributed by atoms with Gasteiger partial charge in [-0.2, -0.15) is 20.5 Å². The standard InChI is InChI=1S/C23H22ClN7O2/c1-13(14-2-5-16(24)6-3-14)11-25-22(32)21-17-8-9-31(12-20(17)26-29-21)23(33)15-4-7-18-19(10-15)28-30-27-18/h2-7,10,13H,8-9,11-12H2,1H3,(H,25,32)(H,26,29)(H,27,28,30). The number of nitrogens with zero attached hydrogens (tertiary/aromatic N) is 4. The Morgan fingerprint density at radius 1 is 1.12 bits per heavy atom. The number of fused-ring (bicyclic) bond motifs is 2. The molecule has 3 N–H and O–H groups in total. The van der Waals surface area contributed by atoms with E-state index >= 15 is 0 Å². The number of rotatable bonds is 5. The van der Waals surface area contributed by atoms with Crippen molar-refractivity contribution < 1.29 is 9.59 Å². The van der Waals surface area contributed by atoms with E-state index in [2.05, 4.69) is 30.9 Å². The van der Waals surface area contributed by atoms with Crippen molar-refractivity contribution in [3.05, 3.63) is 75.6 Å². The zero-order valence-electron chi connectivity index (χ0n) is 17.9. The van der Waals surface area contributed by atoms with Crippen LogP contribution in [0.3, 0.4) is 0 Å². The first kappa shape index (κ1) is 21.1. The molecule has 2 amide bonds. The Balaban J connectivity index is 1.24. The monoisotopic (exact) mass is 463 g/mol. The van der Waals surface area contributed by atoms with Crippen LogP contribution in [0, 0.1) is 0 Å². The summed E-state index contributed by atoms with van der Waals surface area (Å²) in [5.41, 5.74) is 5.05. The number of aromatic amines is 2. The highest BCUT2D eigenvalue weighted by atomic mass is 35.5. The summed E-state index contributed by atoms with van der Waals surface area (Å²) in [5, 5.41) is 21.5. The van der Waals surface area contributed by atoms with Gasteiger partial charge in [0.15, 0.2) is 5.69 Å². The lowest BCUT2D eigenvalue weighted by Crippen LogP contribution is -2.36. The highest BCUT2D eigenvalue weighted by Gasteiger charge is 2.28. The van der Waals surface area contributed by atoms with E-state index in [0.717, 1.165) is 16.8 Å². The van der Waals surface area contributed by atoms with Gasteiger partial charge in [0.05, 0.1) is 12.2 Å². The van der Waals surface area contributed by atoms with Gasteiger partial charge >= 0.3 is 0 Å². The minimum atomic E-state index is -0.218. The minimum Gasteiger partial charge on any atom is -0.350 e. The van der Waals surface area contributed by atoms with Crippen LogP contribution in [0.4, 0.5) is 0 Å². The van der Waals surface area contributed by atoms with Crippen LogP contribution < -0.4 is 5.32 Å². The van der Waals surface area contributed by atoms with Crippen LogP contribution in [0.25, 0.3) is 11.0 Å². The summed E-state index contributed by atoms with van der Waals surface area (Å²) >= 11 is 5.95. The van der Waals surface area contributed by atoms with Crippen molar-refractivity contribution in [2.45, 2.75) is 25.8 Å². The third kappa shape index (κ3) is 4.19. The smallest absolute Gasteiger partial charge is 0.272 e. The molecular formula is C23H22ClN7O2. The number of halogens is 1. The van der Waals surface area contributed by atoms with E-state index in [1.54, 1.807) is 23.1 Å². The lowest BCUT2D eigenvalue weighted by Gasteiger charge is -2.27. The zero-order valence-corrected chi connectivity index (χ0v) is 18.7. The first-order chi connectivity index (χ1) is 16.0. The molecule has 5 rings (SSSR count). The normalized spacial score (nSPS) is 14.2. The fourth-order valence-corrected chi connectivity index (χ4v) is 4.20. The van der Waals surface area contributed by atoms with Crippen LogP contribution in [0.15, 0.2) is 42.5 Å². The molecule has 168 valence electrons. The van der Waals surface area contributed by atoms with Gasteiger partial charge in [-0.25, -0.2) is 0 Å². The van der Waals surface area contributed by atoms with Crippen LogP contribution in [0.5, 0.6) is 0 Å². The van der Waals surface area contributed by atoms with Crippen molar-refractivity contribution in [2.75, 3.05) is 13.1 Å². The van der Waals surface area contributed by atoms with Crippen LogP contribution in [0.2, 0.25) is 5.02 Å². The third-order valence-electron chi connectivity index (χ3n) is 6.01. The van der Waals surface area contributed by atoms with Gasteiger partial charge in [0, 0.05) is 29.2 Å². The highest BCUT2D eigenvalue weighted by Crippen LogP contribution is 2.23. The average Bonchev–Trinajstić information content (AvgIpc) is 3.48. The summed E-state index contributed by atoms with van der Waals surface area (Å²) < 4.78 is 0. The molecular weight excluding hydrogens is 442 g/mol. The molecule has 9 nitrogen and oxygen atoms in total. The second-order valence-electron chi connectivity index (χ2n) is 8.20. The van der Waals surface area contributed by atoms with E-state index in [-0.39, 0.29) is 17.7 Å². The predicted molar refractivity (Wildman–Crippen MR) is 123 cm³/mol. The molecule has 0 aliphatic carbocycles. The number of hydrogen-bond donors (Lipinski definition) is 3. The maximum Gasteiger partial charge on any atom is 0.272 e. The molecule has 1 atom stereocenters. The van der Waals surface area contributed by atoms with Crippen LogP contribution in [0.1, 0.15) is 50.5 Å². The Bertz CT molecular complexity index is 1330. The van der Waals surface area contributed by atoms with Gasteiger partial charge in [-0.3, -0.25) is 14.7 Å². The van der Waals surface area contributed by atoms with Crippen LogP contribution in [-0.2, 0) is 13.0 Å². The molecule has 2 aromatic heterocycles. The minimum absolute atomic E-state index is 0.0945. The van der Waals surface area contributed by atoms with Crippen molar-refractivity contribution in [2.24, 2.45) is 0 Å². The molecule has 0 radical (unpaired) electrons. The number of H-pyrrole nitrogens is 2. The van der Waals surface area contributed by atoms with Gasteiger partial charge in [-0.1, -0.05) is 30.7 Å². The predicted octanol–water partition coefficient (Wildman–Crippen LogP) is 3.07. The van der Waals surface area contributed by atoms with Crippen LogP contribution >= 0.6 is 11.6 Å². The van der Waals surface area contributed by atoms with Gasteiger partial charge in [-0.05, 0) is 48.2 Å². The van der Waals surface area contributed by atoms with E-state index in [0.29, 0.717) is 53.4 Å². The third-order valence-corrected chi connectivity index (χ3v) is 6.26. The number of nitrogens with one attached hydrogen (secondary N) is 3. The average molecular weight is 464 g/mol. The molecule has 33 heavy (non-hydrogen) atoms. The fraction of sp³-hybridized carbons (Fsp3) is 0.261. The Kier molecular flexibility index (Phi) is 5.55. The Labute approximate surface area is 194 Å². The molecule has 4 aromatic rings. The molecule has 0 saturated heterocycles. The van der Waals surface area contributed by atoms with Gasteiger partial charge in [0.1, 0.15) is 11.0 Å². The topological polar surface area (TPSA) is 120 Å². The first-order valence-corrected chi connectivity index (χ1v) is 11.1. The summed E-state index contributed by atoms with van der Waals surface area (Å²) in [6.45, 7) is 3.40. The van der Waals surface area contributed by atoms with Crippen molar-refractivity contribution in [1.82, 2.24) is 35.8 Å². The number of aromatic nitrogens is 5. The maximum atomic E-state index is 13.0. The van der Waals surface area contributed by atoms with Crippen molar-refractivity contribution in [3.8, 4) is 0 Å². The Morgan fingerprint density at radius 2 is 1.91 bits per heavy atom. The molecule has 0 fully saturated rings. The van der Waals surface area contributed by atoms with Gasteiger partial charge in [0.25, 0.3) is 11.8 Å². The molecule has 10 heteroatoms. The number of hydrogen-bond acceptors (Lipinski definition) is 5. The molecule has 0 saturated carbocycles. The van der Waals surface area contributed by atoms with E-state index in [1.165, 1.54) is 0 Å². The molecule has 1 aliphatic heterocycles. The lowest BCUT2D eigenvalue weighted by atomic mass is 10.0. The lowest BCUT2D eigenvalue weighted by molar-refractivity contribution is 0.0732. The SMILES string of the molecule is CC(CNC(=O)c1n[nH]c2c1CCN(C(=O)c1ccc3n[nH]nc3c1)C2)c1ccc(Cl)cc1. The maximum absolute atomic E-state index is 13.0. The largest absolute Gasteiger partial charge is 0.350 e. The van der Waals surface area contributed by atoms with E-state index < -0.39 is 0 Å². The molecule has 1 aliphatic rings. The zero-order chi connectivity index (χ0) is 22.9. The quantitative estimate of drug-likeness (QED) is 0.420. The van der Waals surface area contributed by atoms with E-state index in [1.807, 2.05) is 31.2 Å². The van der Waals surface area contributed by atoms with Gasteiger partial charge in [0.2, 0.25) is 0 Å². The number of amides is 2. The second kappa shape index (κ2) is 8.67. The number of carbonyl (C=O) groups excluding carboxylic acids is 2. The summed E-state index contributed by atoms with van der Waals surface area (Å²) in [7, 11) is 0. The van der Waals surface area contributed by atoms with Crippen LogP contribution in [-0.4, -0.2) is 55.4 Å². The second-order valence-corrected chi connectivity index (χ2v) is 8.63. The molecule has 2 aromatic carbocycles. The van der Waals surface area contributed by atoms with Crippen molar-refractivity contribution >= 4 is 34.4 Å². The Hall–Kier alpha value is -3.72. The van der Waals surface area contributed by atoms with E-state index in [9.17, 15) is 9.59 Å². The highest BCUT2D eigenvalue weighted by molar-refractivity contribution is 6.30. The summed E-state index contributed by atoms with van der Waals surface area (Å²) in [5.74, 6) is -0.177.